The van der Waals surface area contributed by atoms with Gasteiger partial charge in [0.15, 0.2) is 0 Å². The molecule has 1 unspecified atom stereocenters. The van der Waals surface area contributed by atoms with Crippen LogP contribution in [0.5, 0.6) is 0 Å². The normalized spacial score (nSPS) is 22.4. The van der Waals surface area contributed by atoms with Gasteiger partial charge >= 0.3 is 11.8 Å². The van der Waals surface area contributed by atoms with Gasteiger partial charge in [0.2, 0.25) is 5.91 Å². The van der Waals surface area contributed by atoms with Gasteiger partial charge in [-0.1, -0.05) is 0 Å². The predicted molar refractivity (Wildman–Crippen MR) is 59.9 cm³/mol. The molecular formula is C11H14N4O3. The van der Waals surface area contributed by atoms with E-state index in [-0.39, 0.29) is 18.5 Å². The molecule has 1 N–H and O–H groups in total. The van der Waals surface area contributed by atoms with E-state index in [9.17, 15) is 14.4 Å². The largest absolute Gasteiger partial charge is 0.336 e. The molecule has 7 nitrogen and oxygen atoms in total. The van der Waals surface area contributed by atoms with E-state index in [1.807, 2.05) is 0 Å². The van der Waals surface area contributed by atoms with Crippen LogP contribution in [-0.2, 0) is 14.4 Å². The lowest BCUT2D eigenvalue weighted by Crippen LogP contribution is -2.56. The molecule has 2 fully saturated rings. The number of amides is 3. The Bertz CT molecular complexity index is 428. The molecule has 7 heteroatoms. The Morgan fingerprint density at radius 1 is 1.44 bits per heavy atom. The summed E-state index contributed by atoms with van der Waals surface area (Å²) >= 11 is 0. The molecule has 0 aromatic carbocycles. The first-order valence-electron chi connectivity index (χ1n) is 5.87. The zero-order chi connectivity index (χ0) is 13.1. The van der Waals surface area contributed by atoms with Crippen LogP contribution >= 0.6 is 0 Å². The summed E-state index contributed by atoms with van der Waals surface area (Å²) in [6.45, 7) is 1.10. The molecule has 0 radical (unpaired) electrons. The van der Waals surface area contributed by atoms with E-state index >= 15 is 0 Å². The van der Waals surface area contributed by atoms with Crippen LogP contribution in [0, 0.1) is 11.3 Å². The second-order valence-electron chi connectivity index (χ2n) is 4.37. The Hall–Kier alpha value is -2.10. The van der Waals surface area contributed by atoms with Crippen LogP contribution in [-0.4, -0.2) is 59.7 Å². The Balaban J connectivity index is 1.92. The van der Waals surface area contributed by atoms with Gasteiger partial charge in [0.25, 0.3) is 0 Å². The molecule has 0 saturated carbocycles. The molecule has 2 rings (SSSR count). The zero-order valence-electron chi connectivity index (χ0n) is 9.89. The minimum atomic E-state index is -0.755. The first kappa shape index (κ1) is 12.4. The summed E-state index contributed by atoms with van der Waals surface area (Å²) in [5.41, 5.74) is 0. The lowest BCUT2D eigenvalue weighted by atomic mass is 10.1. The second kappa shape index (κ2) is 5.04. The van der Waals surface area contributed by atoms with Crippen LogP contribution in [0.1, 0.15) is 12.8 Å². The Labute approximate surface area is 104 Å². The fraction of sp³-hybridized carbons (Fsp3) is 0.636. The highest BCUT2D eigenvalue weighted by atomic mass is 16.2. The molecule has 2 aliphatic rings. The van der Waals surface area contributed by atoms with Crippen molar-refractivity contribution in [3.05, 3.63) is 0 Å². The summed E-state index contributed by atoms with van der Waals surface area (Å²) in [5, 5.41) is 10.6. The number of piperazine rings is 1. The van der Waals surface area contributed by atoms with Gasteiger partial charge in [-0.2, -0.15) is 5.26 Å². The quantitative estimate of drug-likeness (QED) is 0.451. The van der Waals surface area contributed by atoms with E-state index in [0.29, 0.717) is 26.1 Å². The highest BCUT2D eigenvalue weighted by molar-refractivity contribution is 6.35. The van der Waals surface area contributed by atoms with E-state index in [2.05, 4.69) is 5.32 Å². The molecule has 18 heavy (non-hydrogen) atoms. The summed E-state index contributed by atoms with van der Waals surface area (Å²) in [4.78, 5) is 37.9. The summed E-state index contributed by atoms with van der Waals surface area (Å²) < 4.78 is 0. The number of nitriles is 1. The van der Waals surface area contributed by atoms with Crippen molar-refractivity contribution in [2.45, 2.75) is 18.9 Å². The summed E-state index contributed by atoms with van der Waals surface area (Å²) in [5.74, 6) is -1.25. The monoisotopic (exact) mass is 250 g/mol. The number of carbonyl (C=O) groups excluding carboxylic acids is 3. The van der Waals surface area contributed by atoms with Gasteiger partial charge < -0.3 is 15.1 Å². The summed E-state index contributed by atoms with van der Waals surface area (Å²) in [6.07, 6.45) is 1.26. The molecule has 3 amide bonds. The Kier molecular flexibility index (Phi) is 3.46. The molecule has 0 bridgehead atoms. The van der Waals surface area contributed by atoms with Crippen LogP contribution in [0.2, 0.25) is 0 Å². The summed E-state index contributed by atoms with van der Waals surface area (Å²) in [6, 6.07) is 1.78. The third-order valence-corrected chi connectivity index (χ3v) is 3.30. The average Bonchev–Trinajstić information content (AvgIpc) is 2.76. The predicted octanol–water partition coefficient (Wildman–Crippen LogP) is -1.54. The van der Waals surface area contributed by atoms with Gasteiger partial charge in [-0.3, -0.25) is 14.4 Å². The van der Waals surface area contributed by atoms with Crippen LogP contribution < -0.4 is 5.32 Å². The van der Waals surface area contributed by atoms with Crippen LogP contribution in [0.15, 0.2) is 0 Å². The lowest BCUT2D eigenvalue weighted by Gasteiger charge is -2.37. The van der Waals surface area contributed by atoms with Gasteiger partial charge in [-0.05, 0) is 6.42 Å². The lowest BCUT2D eigenvalue weighted by molar-refractivity contribution is -0.148. The van der Waals surface area contributed by atoms with E-state index < -0.39 is 11.8 Å². The third-order valence-electron chi connectivity index (χ3n) is 3.30. The van der Waals surface area contributed by atoms with E-state index in [1.165, 1.54) is 4.90 Å². The average molecular weight is 250 g/mol. The van der Waals surface area contributed by atoms with Gasteiger partial charge in [-0.15, -0.1) is 0 Å². The van der Waals surface area contributed by atoms with Gasteiger partial charge in [0.05, 0.1) is 6.07 Å². The first-order valence-corrected chi connectivity index (χ1v) is 5.87. The first-order chi connectivity index (χ1) is 8.63. The SMILES string of the molecule is N#CCNC(=O)C(=O)N1CCN2C(=O)CCC2C1. The molecular weight excluding hydrogens is 236 g/mol. The van der Waals surface area contributed by atoms with Crippen LogP contribution in [0.3, 0.4) is 0 Å². The van der Waals surface area contributed by atoms with Crippen molar-refractivity contribution < 1.29 is 14.4 Å². The summed E-state index contributed by atoms with van der Waals surface area (Å²) in [7, 11) is 0. The molecule has 96 valence electrons. The van der Waals surface area contributed by atoms with Crippen molar-refractivity contribution in [1.82, 2.24) is 15.1 Å². The standard InChI is InChI=1S/C11H14N4O3/c12-3-4-13-10(17)11(18)14-5-6-15-8(7-14)1-2-9(15)16/h8H,1-2,4-7H2,(H,13,17). The van der Waals surface area contributed by atoms with Crippen molar-refractivity contribution in [3.8, 4) is 6.07 Å². The van der Waals surface area contributed by atoms with E-state index in [0.717, 1.165) is 6.42 Å². The second-order valence-corrected chi connectivity index (χ2v) is 4.37. The van der Waals surface area contributed by atoms with Crippen LogP contribution in [0.25, 0.3) is 0 Å². The molecule has 1 atom stereocenters. The highest BCUT2D eigenvalue weighted by Crippen LogP contribution is 2.22. The topological polar surface area (TPSA) is 93.5 Å². The number of nitrogens with zero attached hydrogens (tertiary/aromatic N) is 3. The van der Waals surface area contributed by atoms with Gasteiger partial charge in [0, 0.05) is 32.1 Å². The number of rotatable bonds is 1. The number of carbonyl (C=O) groups is 3. The maximum Gasteiger partial charge on any atom is 0.312 e. The fourth-order valence-corrected chi connectivity index (χ4v) is 2.39. The number of nitrogens with one attached hydrogen (secondary N) is 1. The highest BCUT2D eigenvalue weighted by Gasteiger charge is 2.38. The third kappa shape index (κ3) is 2.27. The number of fused-ring (bicyclic) bond motifs is 1. The Morgan fingerprint density at radius 3 is 2.94 bits per heavy atom. The molecule has 0 aromatic rings. The van der Waals surface area contributed by atoms with Crippen molar-refractivity contribution in [3.63, 3.8) is 0 Å². The zero-order valence-corrected chi connectivity index (χ0v) is 9.89. The number of hydrogen-bond donors (Lipinski definition) is 1. The van der Waals surface area contributed by atoms with Gasteiger partial charge in [-0.25, -0.2) is 0 Å². The van der Waals surface area contributed by atoms with Crippen molar-refractivity contribution in [2.24, 2.45) is 0 Å². The van der Waals surface area contributed by atoms with E-state index in [4.69, 9.17) is 5.26 Å². The molecule has 2 saturated heterocycles. The minimum absolute atomic E-state index is 0.0407. The molecule has 0 aromatic heterocycles. The van der Waals surface area contributed by atoms with E-state index in [1.54, 1.807) is 11.0 Å². The molecule has 2 aliphatic heterocycles. The van der Waals surface area contributed by atoms with Crippen molar-refractivity contribution in [1.29, 1.82) is 5.26 Å². The van der Waals surface area contributed by atoms with Gasteiger partial charge in [0.1, 0.15) is 6.54 Å². The molecule has 2 heterocycles. The van der Waals surface area contributed by atoms with Crippen LogP contribution in [0.4, 0.5) is 0 Å². The fourth-order valence-electron chi connectivity index (χ4n) is 2.39. The molecule has 0 spiro atoms. The number of hydrogen-bond acceptors (Lipinski definition) is 4. The maximum absolute atomic E-state index is 11.8. The van der Waals surface area contributed by atoms with Crippen molar-refractivity contribution >= 4 is 17.7 Å². The maximum atomic E-state index is 11.8. The molecule has 0 aliphatic carbocycles. The minimum Gasteiger partial charge on any atom is -0.336 e. The Morgan fingerprint density at radius 2 is 2.22 bits per heavy atom. The van der Waals surface area contributed by atoms with Crippen molar-refractivity contribution in [2.75, 3.05) is 26.2 Å². The smallest absolute Gasteiger partial charge is 0.312 e.